The van der Waals surface area contributed by atoms with E-state index >= 15 is 0 Å². The number of rotatable bonds is 6. The molecule has 0 aliphatic rings. The lowest BCUT2D eigenvalue weighted by Crippen LogP contribution is -2.01. The van der Waals surface area contributed by atoms with Crippen LogP contribution in [0.1, 0.15) is 32.6 Å². The van der Waals surface area contributed by atoms with Crippen molar-refractivity contribution in [2.24, 2.45) is 0 Å². The standard InChI is InChI=1S/C11H18N2O/c1-2-3-4-5-9-14-11-10(12)7-6-8-13-11/h6-8H,2-5,9,12H2,1H3. The molecule has 0 aliphatic carbocycles. The van der Waals surface area contributed by atoms with Gasteiger partial charge in [-0.05, 0) is 18.6 Å². The van der Waals surface area contributed by atoms with E-state index < -0.39 is 0 Å². The zero-order valence-electron chi connectivity index (χ0n) is 8.70. The van der Waals surface area contributed by atoms with Gasteiger partial charge < -0.3 is 10.5 Å². The lowest BCUT2D eigenvalue weighted by Gasteiger charge is -2.06. The molecule has 0 aromatic carbocycles. The van der Waals surface area contributed by atoms with Crippen LogP contribution in [0.3, 0.4) is 0 Å². The molecule has 0 amide bonds. The Morgan fingerprint density at radius 3 is 2.93 bits per heavy atom. The van der Waals surface area contributed by atoms with Crippen LogP contribution >= 0.6 is 0 Å². The van der Waals surface area contributed by atoms with Crippen LogP contribution in [0.2, 0.25) is 0 Å². The molecule has 2 N–H and O–H groups in total. The molecule has 0 saturated heterocycles. The average molecular weight is 194 g/mol. The second kappa shape index (κ2) is 6.24. The Morgan fingerprint density at radius 2 is 2.21 bits per heavy atom. The molecule has 0 unspecified atom stereocenters. The van der Waals surface area contributed by atoms with Crippen molar-refractivity contribution in [3.05, 3.63) is 18.3 Å². The third-order valence-corrected chi connectivity index (χ3v) is 2.04. The topological polar surface area (TPSA) is 48.1 Å². The van der Waals surface area contributed by atoms with Crippen molar-refractivity contribution in [1.29, 1.82) is 0 Å². The summed E-state index contributed by atoms with van der Waals surface area (Å²) in [6.45, 7) is 2.90. The maximum atomic E-state index is 5.67. The van der Waals surface area contributed by atoms with Crippen molar-refractivity contribution < 1.29 is 4.74 Å². The highest BCUT2D eigenvalue weighted by molar-refractivity contribution is 5.46. The number of ether oxygens (including phenoxy) is 1. The molecule has 0 atom stereocenters. The number of hydrogen-bond acceptors (Lipinski definition) is 3. The molecule has 14 heavy (non-hydrogen) atoms. The summed E-state index contributed by atoms with van der Waals surface area (Å²) in [5.74, 6) is 0.559. The number of pyridine rings is 1. The fraction of sp³-hybridized carbons (Fsp3) is 0.545. The van der Waals surface area contributed by atoms with E-state index in [1.807, 2.05) is 0 Å². The molecule has 3 heteroatoms. The summed E-state index contributed by atoms with van der Waals surface area (Å²) in [5.41, 5.74) is 6.29. The summed E-state index contributed by atoms with van der Waals surface area (Å²) >= 11 is 0. The Labute approximate surface area is 85.3 Å². The Kier molecular flexibility index (Phi) is 4.83. The second-order valence-corrected chi connectivity index (χ2v) is 3.31. The Hall–Kier alpha value is -1.25. The number of unbranched alkanes of at least 4 members (excludes halogenated alkanes) is 3. The third-order valence-electron chi connectivity index (χ3n) is 2.04. The van der Waals surface area contributed by atoms with Gasteiger partial charge in [-0.2, -0.15) is 0 Å². The molecule has 0 fully saturated rings. The summed E-state index contributed by atoms with van der Waals surface area (Å²) in [5, 5.41) is 0. The first kappa shape index (κ1) is 10.8. The van der Waals surface area contributed by atoms with E-state index in [-0.39, 0.29) is 0 Å². The maximum Gasteiger partial charge on any atom is 0.237 e. The Balaban J connectivity index is 2.21. The lowest BCUT2D eigenvalue weighted by molar-refractivity contribution is 0.295. The molecule has 3 nitrogen and oxygen atoms in total. The van der Waals surface area contributed by atoms with Crippen LogP contribution in [0.5, 0.6) is 5.88 Å². The molecule has 1 aromatic rings. The lowest BCUT2D eigenvalue weighted by atomic mass is 10.2. The molecule has 0 aliphatic heterocycles. The SMILES string of the molecule is CCCCCCOc1ncccc1N. The van der Waals surface area contributed by atoms with E-state index in [1.54, 1.807) is 18.3 Å². The van der Waals surface area contributed by atoms with Gasteiger partial charge in [0.05, 0.1) is 12.3 Å². The monoisotopic (exact) mass is 194 g/mol. The van der Waals surface area contributed by atoms with Gasteiger partial charge in [0.1, 0.15) is 0 Å². The van der Waals surface area contributed by atoms with Crippen molar-refractivity contribution in [3.63, 3.8) is 0 Å². The van der Waals surface area contributed by atoms with Gasteiger partial charge >= 0.3 is 0 Å². The fourth-order valence-electron chi connectivity index (χ4n) is 1.22. The molecule has 0 saturated carbocycles. The third kappa shape index (κ3) is 3.64. The predicted molar refractivity (Wildman–Crippen MR) is 58.3 cm³/mol. The highest BCUT2D eigenvalue weighted by Gasteiger charge is 1.98. The van der Waals surface area contributed by atoms with Crippen LogP contribution in [0.15, 0.2) is 18.3 Å². The molecule has 78 valence electrons. The van der Waals surface area contributed by atoms with Gasteiger partial charge in [-0.3, -0.25) is 0 Å². The van der Waals surface area contributed by atoms with E-state index in [2.05, 4.69) is 11.9 Å². The van der Waals surface area contributed by atoms with Crippen LogP contribution < -0.4 is 10.5 Å². The van der Waals surface area contributed by atoms with Crippen LogP contribution in [-0.4, -0.2) is 11.6 Å². The van der Waals surface area contributed by atoms with E-state index in [9.17, 15) is 0 Å². The zero-order chi connectivity index (χ0) is 10.2. The van der Waals surface area contributed by atoms with E-state index in [0.29, 0.717) is 18.2 Å². The van der Waals surface area contributed by atoms with E-state index in [1.165, 1.54) is 19.3 Å². The molecule has 1 heterocycles. The van der Waals surface area contributed by atoms with Gasteiger partial charge in [-0.1, -0.05) is 26.2 Å². The van der Waals surface area contributed by atoms with E-state index in [4.69, 9.17) is 10.5 Å². The van der Waals surface area contributed by atoms with Gasteiger partial charge in [-0.15, -0.1) is 0 Å². The summed E-state index contributed by atoms with van der Waals surface area (Å²) in [6.07, 6.45) is 6.48. The first-order valence-electron chi connectivity index (χ1n) is 5.18. The predicted octanol–water partition coefficient (Wildman–Crippen LogP) is 2.62. The van der Waals surface area contributed by atoms with Gasteiger partial charge in [0.25, 0.3) is 0 Å². The van der Waals surface area contributed by atoms with Crippen LogP contribution in [0, 0.1) is 0 Å². The summed E-state index contributed by atoms with van der Waals surface area (Å²) in [4.78, 5) is 4.05. The number of nitrogen functional groups attached to an aromatic ring is 1. The zero-order valence-corrected chi connectivity index (χ0v) is 8.70. The normalized spacial score (nSPS) is 10.1. The van der Waals surface area contributed by atoms with Crippen LogP contribution in [0.25, 0.3) is 0 Å². The molecular weight excluding hydrogens is 176 g/mol. The van der Waals surface area contributed by atoms with Gasteiger partial charge in [0.2, 0.25) is 5.88 Å². The molecule has 1 aromatic heterocycles. The van der Waals surface area contributed by atoms with Crippen molar-refractivity contribution in [2.75, 3.05) is 12.3 Å². The highest BCUT2D eigenvalue weighted by atomic mass is 16.5. The average Bonchev–Trinajstić information content (AvgIpc) is 2.20. The van der Waals surface area contributed by atoms with Crippen LogP contribution in [-0.2, 0) is 0 Å². The Morgan fingerprint density at radius 1 is 1.36 bits per heavy atom. The molecule has 1 rings (SSSR count). The van der Waals surface area contributed by atoms with Crippen molar-refractivity contribution in [3.8, 4) is 5.88 Å². The van der Waals surface area contributed by atoms with Gasteiger partial charge in [-0.25, -0.2) is 4.98 Å². The summed E-state index contributed by atoms with van der Waals surface area (Å²) in [7, 11) is 0. The van der Waals surface area contributed by atoms with Crippen molar-refractivity contribution >= 4 is 5.69 Å². The van der Waals surface area contributed by atoms with Crippen molar-refractivity contribution in [1.82, 2.24) is 4.98 Å². The number of anilines is 1. The van der Waals surface area contributed by atoms with E-state index in [0.717, 1.165) is 6.42 Å². The van der Waals surface area contributed by atoms with Gasteiger partial charge in [0, 0.05) is 6.20 Å². The summed E-state index contributed by atoms with van der Waals surface area (Å²) < 4.78 is 5.45. The molecule has 0 bridgehead atoms. The minimum Gasteiger partial charge on any atom is -0.476 e. The maximum absolute atomic E-state index is 5.67. The second-order valence-electron chi connectivity index (χ2n) is 3.31. The highest BCUT2D eigenvalue weighted by Crippen LogP contribution is 2.16. The smallest absolute Gasteiger partial charge is 0.237 e. The van der Waals surface area contributed by atoms with Crippen LogP contribution in [0.4, 0.5) is 5.69 Å². The molecule has 0 radical (unpaired) electrons. The van der Waals surface area contributed by atoms with Crippen molar-refractivity contribution in [2.45, 2.75) is 32.6 Å². The number of nitrogens with zero attached hydrogens (tertiary/aromatic N) is 1. The number of nitrogens with two attached hydrogens (primary N) is 1. The minimum absolute atomic E-state index is 0.559. The Bertz CT molecular complexity index is 263. The molecule has 0 spiro atoms. The quantitative estimate of drug-likeness (QED) is 0.708. The first-order valence-corrected chi connectivity index (χ1v) is 5.18. The molecular formula is C11H18N2O. The fourth-order valence-corrected chi connectivity index (χ4v) is 1.22. The number of aromatic nitrogens is 1. The first-order chi connectivity index (χ1) is 6.84. The van der Waals surface area contributed by atoms with Gasteiger partial charge in [0.15, 0.2) is 0 Å². The largest absolute Gasteiger partial charge is 0.476 e. The summed E-state index contributed by atoms with van der Waals surface area (Å²) in [6, 6.07) is 3.60. The minimum atomic E-state index is 0.559. The number of hydrogen-bond donors (Lipinski definition) is 1.